The Morgan fingerprint density at radius 2 is 1.96 bits per heavy atom. The van der Waals surface area contributed by atoms with E-state index in [2.05, 4.69) is 22.4 Å². The summed E-state index contributed by atoms with van der Waals surface area (Å²) in [5.41, 5.74) is 1.67. The fourth-order valence-corrected chi connectivity index (χ4v) is 3.39. The van der Waals surface area contributed by atoms with Crippen molar-refractivity contribution in [2.24, 2.45) is 0 Å². The molecule has 0 saturated heterocycles. The second-order valence-electron chi connectivity index (χ2n) is 5.89. The van der Waals surface area contributed by atoms with E-state index in [0.717, 1.165) is 17.6 Å². The molecule has 1 aromatic heterocycles. The van der Waals surface area contributed by atoms with Gasteiger partial charge in [-0.05, 0) is 30.7 Å². The molecular weight excluding hydrogens is 376 g/mol. The number of thiazole rings is 1. The van der Waals surface area contributed by atoms with E-state index >= 15 is 0 Å². The molecule has 0 atom stereocenters. The summed E-state index contributed by atoms with van der Waals surface area (Å²) in [5, 5.41) is 3.27. The molecule has 1 heterocycles. The summed E-state index contributed by atoms with van der Waals surface area (Å²) in [5.74, 6) is 0.522. The highest BCUT2D eigenvalue weighted by molar-refractivity contribution is 7.15. The van der Waals surface area contributed by atoms with Crippen LogP contribution in [0.4, 0.5) is 5.13 Å². The van der Waals surface area contributed by atoms with Gasteiger partial charge in [0.05, 0.1) is 6.61 Å². The van der Waals surface area contributed by atoms with Crippen molar-refractivity contribution < 1.29 is 19.1 Å². The van der Waals surface area contributed by atoms with Gasteiger partial charge in [0.2, 0.25) is 0 Å². The molecular formula is C21H20N2O4S. The number of ether oxygens (including phenoxy) is 2. The fraction of sp³-hybridized carbons (Fsp3) is 0.190. The van der Waals surface area contributed by atoms with Gasteiger partial charge < -0.3 is 9.47 Å². The summed E-state index contributed by atoms with van der Waals surface area (Å²) in [6, 6.07) is 14.9. The van der Waals surface area contributed by atoms with Crippen LogP contribution in [-0.2, 0) is 11.2 Å². The predicted octanol–water partition coefficient (Wildman–Crippen LogP) is 3.96. The van der Waals surface area contributed by atoms with Crippen LogP contribution in [0.5, 0.6) is 11.5 Å². The van der Waals surface area contributed by atoms with Gasteiger partial charge in [-0.2, -0.15) is 0 Å². The first-order valence-corrected chi connectivity index (χ1v) is 9.63. The maximum Gasteiger partial charge on any atom is 0.264 e. The third kappa shape index (κ3) is 5.40. The predicted molar refractivity (Wildman–Crippen MR) is 108 cm³/mol. The van der Waals surface area contributed by atoms with E-state index in [0.29, 0.717) is 28.8 Å². The standard InChI is InChI=1S/C21H20N2O4S/c1-2-26-19-11-16(13-24)8-9-18(19)27-14-20(25)23-21-22-12-17(28-21)10-15-6-4-3-5-7-15/h3-9,11-13H,2,10,14H2,1H3,(H,22,23,25). The van der Waals surface area contributed by atoms with Crippen LogP contribution >= 0.6 is 11.3 Å². The van der Waals surface area contributed by atoms with Gasteiger partial charge in [0.15, 0.2) is 23.2 Å². The Bertz CT molecular complexity index is 941. The van der Waals surface area contributed by atoms with Crippen LogP contribution in [0.25, 0.3) is 0 Å². The van der Waals surface area contributed by atoms with Gasteiger partial charge in [-0.3, -0.25) is 14.9 Å². The van der Waals surface area contributed by atoms with E-state index in [1.165, 1.54) is 16.9 Å². The lowest BCUT2D eigenvalue weighted by Gasteiger charge is -2.11. The summed E-state index contributed by atoms with van der Waals surface area (Å²) in [6.07, 6.45) is 3.26. The molecule has 0 spiro atoms. The summed E-state index contributed by atoms with van der Waals surface area (Å²) >= 11 is 1.43. The number of nitrogens with zero attached hydrogens (tertiary/aromatic N) is 1. The van der Waals surface area contributed by atoms with Gasteiger partial charge in [-0.25, -0.2) is 4.98 Å². The minimum Gasteiger partial charge on any atom is -0.490 e. The van der Waals surface area contributed by atoms with Crippen LogP contribution in [0.2, 0.25) is 0 Å². The monoisotopic (exact) mass is 396 g/mol. The molecule has 28 heavy (non-hydrogen) atoms. The Hall–Kier alpha value is -3.19. The number of hydrogen-bond donors (Lipinski definition) is 1. The molecule has 3 aromatic rings. The van der Waals surface area contributed by atoms with Crippen LogP contribution in [-0.4, -0.2) is 30.4 Å². The first kappa shape index (κ1) is 19.6. The van der Waals surface area contributed by atoms with Crippen LogP contribution in [0.15, 0.2) is 54.7 Å². The van der Waals surface area contributed by atoms with E-state index < -0.39 is 0 Å². The molecule has 0 aliphatic carbocycles. The van der Waals surface area contributed by atoms with Crippen LogP contribution in [0, 0.1) is 0 Å². The molecule has 1 amide bonds. The molecule has 0 aliphatic rings. The van der Waals surface area contributed by atoms with Crippen molar-refractivity contribution in [1.82, 2.24) is 4.98 Å². The quantitative estimate of drug-likeness (QED) is 0.554. The molecule has 2 aromatic carbocycles. The van der Waals surface area contributed by atoms with Gasteiger partial charge in [-0.15, -0.1) is 11.3 Å². The van der Waals surface area contributed by atoms with E-state index in [4.69, 9.17) is 9.47 Å². The summed E-state index contributed by atoms with van der Waals surface area (Å²) in [4.78, 5) is 28.4. The van der Waals surface area contributed by atoms with Gasteiger partial charge in [-0.1, -0.05) is 30.3 Å². The molecule has 0 bridgehead atoms. The molecule has 1 N–H and O–H groups in total. The van der Waals surface area contributed by atoms with Crippen molar-refractivity contribution in [2.75, 3.05) is 18.5 Å². The Labute approximate surface area is 167 Å². The number of carbonyl (C=O) groups is 2. The lowest BCUT2D eigenvalue weighted by molar-refractivity contribution is -0.118. The number of aldehydes is 1. The maximum absolute atomic E-state index is 12.2. The van der Waals surface area contributed by atoms with Crippen molar-refractivity contribution in [3.8, 4) is 11.5 Å². The van der Waals surface area contributed by atoms with Gasteiger partial charge >= 0.3 is 0 Å². The zero-order valence-electron chi connectivity index (χ0n) is 15.4. The number of rotatable bonds is 9. The Morgan fingerprint density at radius 1 is 1.14 bits per heavy atom. The zero-order valence-corrected chi connectivity index (χ0v) is 16.2. The Morgan fingerprint density at radius 3 is 2.71 bits per heavy atom. The van der Waals surface area contributed by atoms with E-state index in [-0.39, 0.29) is 12.5 Å². The van der Waals surface area contributed by atoms with Crippen molar-refractivity contribution in [3.05, 3.63) is 70.7 Å². The molecule has 0 radical (unpaired) electrons. The Balaban J connectivity index is 1.55. The third-order valence-electron chi connectivity index (χ3n) is 3.78. The topological polar surface area (TPSA) is 77.5 Å². The van der Waals surface area contributed by atoms with Crippen molar-refractivity contribution >= 4 is 28.7 Å². The highest BCUT2D eigenvalue weighted by Crippen LogP contribution is 2.28. The molecule has 144 valence electrons. The number of anilines is 1. The lowest BCUT2D eigenvalue weighted by Crippen LogP contribution is -2.20. The molecule has 6 nitrogen and oxygen atoms in total. The highest BCUT2D eigenvalue weighted by Gasteiger charge is 2.11. The van der Waals surface area contributed by atoms with E-state index in [9.17, 15) is 9.59 Å². The second kappa shape index (κ2) is 9.66. The first-order valence-electron chi connectivity index (χ1n) is 8.81. The van der Waals surface area contributed by atoms with Crippen LogP contribution in [0.1, 0.15) is 27.7 Å². The number of aromatic nitrogens is 1. The molecule has 0 unspecified atom stereocenters. The minimum absolute atomic E-state index is 0.186. The average molecular weight is 396 g/mol. The fourth-order valence-electron chi connectivity index (χ4n) is 2.53. The van der Waals surface area contributed by atoms with E-state index in [1.54, 1.807) is 24.4 Å². The minimum atomic E-state index is -0.317. The zero-order chi connectivity index (χ0) is 19.8. The number of carbonyl (C=O) groups excluding carboxylic acids is 2. The average Bonchev–Trinajstić information content (AvgIpc) is 3.14. The summed E-state index contributed by atoms with van der Waals surface area (Å²) in [6.45, 7) is 2.07. The lowest BCUT2D eigenvalue weighted by atomic mass is 10.1. The van der Waals surface area contributed by atoms with Crippen molar-refractivity contribution in [2.45, 2.75) is 13.3 Å². The maximum atomic E-state index is 12.2. The number of amides is 1. The first-order chi connectivity index (χ1) is 13.7. The molecule has 0 fully saturated rings. The molecule has 0 aliphatic heterocycles. The van der Waals surface area contributed by atoms with Gasteiger partial charge in [0.1, 0.15) is 6.29 Å². The van der Waals surface area contributed by atoms with Crippen LogP contribution < -0.4 is 14.8 Å². The Kier molecular flexibility index (Phi) is 6.75. The van der Waals surface area contributed by atoms with Crippen molar-refractivity contribution in [3.63, 3.8) is 0 Å². The van der Waals surface area contributed by atoms with Gasteiger partial charge in [0, 0.05) is 23.1 Å². The van der Waals surface area contributed by atoms with Gasteiger partial charge in [0.25, 0.3) is 5.91 Å². The second-order valence-corrected chi connectivity index (χ2v) is 7.00. The number of hydrogen-bond acceptors (Lipinski definition) is 6. The molecule has 7 heteroatoms. The summed E-state index contributed by atoms with van der Waals surface area (Å²) in [7, 11) is 0. The normalized spacial score (nSPS) is 10.3. The SMILES string of the molecule is CCOc1cc(C=O)ccc1OCC(=O)Nc1ncc(Cc2ccccc2)s1. The number of benzene rings is 2. The largest absolute Gasteiger partial charge is 0.490 e. The highest BCUT2D eigenvalue weighted by atomic mass is 32.1. The van der Waals surface area contributed by atoms with Crippen LogP contribution in [0.3, 0.4) is 0 Å². The molecule has 3 rings (SSSR count). The number of nitrogens with one attached hydrogen (secondary N) is 1. The van der Waals surface area contributed by atoms with E-state index in [1.807, 2.05) is 25.1 Å². The van der Waals surface area contributed by atoms with Crippen molar-refractivity contribution in [1.29, 1.82) is 0 Å². The smallest absolute Gasteiger partial charge is 0.264 e. The summed E-state index contributed by atoms with van der Waals surface area (Å²) < 4.78 is 11.0. The molecule has 0 saturated carbocycles. The third-order valence-corrected chi connectivity index (χ3v) is 4.70.